The van der Waals surface area contributed by atoms with Gasteiger partial charge in [-0.15, -0.1) is 12.4 Å². The fourth-order valence-electron chi connectivity index (χ4n) is 2.60. The molecule has 1 heterocycles. The molecule has 2 aromatic carbocycles. The highest BCUT2D eigenvalue weighted by molar-refractivity contribution is 5.90. The third kappa shape index (κ3) is 4.11. The molecule has 0 saturated heterocycles. The summed E-state index contributed by atoms with van der Waals surface area (Å²) in [5.41, 5.74) is 4.87. The van der Waals surface area contributed by atoms with Crippen molar-refractivity contribution in [1.29, 1.82) is 0 Å². The van der Waals surface area contributed by atoms with Crippen molar-refractivity contribution in [2.45, 2.75) is 6.92 Å². The fourth-order valence-corrected chi connectivity index (χ4v) is 2.60. The third-order valence-electron chi connectivity index (χ3n) is 3.78. The summed E-state index contributed by atoms with van der Waals surface area (Å²) >= 11 is 0. The van der Waals surface area contributed by atoms with Gasteiger partial charge in [0.05, 0.1) is 12.2 Å². The molecule has 0 N–H and O–H groups in total. The summed E-state index contributed by atoms with van der Waals surface area (Å²) in [6, 6.07) is 19.0. The summed E-state index contributed by atoms with van der Waals surface area (Å²) in [5, 5.41) is 1.25. The average Bonchev–Trinajstić information content (AvgIpc) is 2.84. The van der Waals surface area contributed by atoms with Gasteiger partial charge in [-0.3, -0.25) is 4.99 Å². The highest BCUT2D eigenvalue weighted by atomic mass is 35.5. The molecule has 0 aliphatic rings. The number of aromatic nitrogens is 1. The Kier molecular flexibility index (Phi) is 5.78. The Morgan fingerprint density at radius 1 is 1.04 bits per heavy atom. The van der Waals surface area contributed by atoms with Gasteiger partial charge in [-0.05, 0) is 24.6 Å². The van der Waals surface area contributed by atoms with E-state index in [-0.39, 0.29) is 12.4 Å². The monoisotopic (exact) mass is 324 g/mol. The number of halogens is 1. The molecular weight excluding hydrogens is 304 g/mol. The van der Waals surface area contributed by atoms with E-state index in [1.807, 2.05) is 6.21 Å². The minimum atomic E-state index is 0. The van der Waals surface area contributed by atoms with Gasteiger partial charge < -0.3 is 4.57 Å². The van der Waals surface area contributed by atoms with Crippen LogP contribution in [-0.4, -0.2) is 17.3 Å². The highest BCUT2D eigenvalue weighted by Crippen LogP contribution is 2.16. The first kappa shape index (κ1) is 17.0. The van der Waals surface area contributed by atoms with E-state index >= 15 is 0 Å². The topological polar surface area (TPSA) is 17.3 Å². The predicted molar refractivity (Wildman–Crippen MR) is 103 cm³/mol. The Morgan fingerprint density at radius 2 is 1.87 bits per heavy atom. The van der Waals surface area contributed by atoms with Gasteiger partial charge in [0.2, 0.25) is 0 Å². The lowest BCUT2D eigenvalue weighted by molar-refractivity contribution is 0.957. The van der Waals surface area contributed by atoms with E-state index in [0.29, 0.717) is 6.54 Å². The molecule has 0 spiro atoms. The molecule has 0 aliphatic heterocycles. The van der Waals surface area contributed by atoms with Gasteiger partial charge in [0.1, 0.15) is 0 Å². The Hall–Kier alpha value is -2.32. The second-order valence-corrected chi connectivity index (χ2v) is 5.50. The number of nitrogens with zero attached hydrogens (tertiary/aromatic N) is 2. The first-order valence-corrected chi connectivity index (χ1v) is 7.51. The molecular formula is C20H21ClN2. The molecule has 0 unspecified atom stereocenters. The maximum absolute atomic E-state index is 4.50. The lowest BCUT2D eigenvalue weighted by Crippen LogP contribution is -1.94. The molecule has 3 heteroatoms. The zero-order valence-electron chi connectivity index (χ0n) is 13.4. The van der Waals surface area contributed by atoms with E-state index in [4.69, 9.17) is 0 Å². The number of rotatable bonds is 4. The lowest BCUT2D eigenvalue weighted by Gasteiger charge is -1.98. The summed E-state index contributed by atoms with van der Waals surface area (Å²) < 4.78 is 2.17. The molecule has 0 radical (unpaired) electrons. The smallest absolute Gasteiger partial charge is 0.0596 e. The first-order chi connectivity index (χ1) is 10.7. The highest BCUT2D eigenvalue weighted by Gasteiger charge is 2.01. The Labute approximate surface area is 143 Å². The zero-order valence-corrected chi connectivity index (χ0v) is 14.3. The Morgan fingerprint density at radius 3 is 2.65 bits per heavy atom. The van der Waals surface area contributed by atoms with Crippen molar-refractivity contribution in [3.63, 3.8) is 0 Å². The minimum absolute atomic E-state index is 0. The maximum atomic E-state index is 4.50. The molecule has 0 aliphatic carbocycles. The van der Waals surface area contributed by atoms with Crippen molar-refractivity contribution in [2.75, 3.05) is 6.54 Å². The SMILES string of the molecule is Cc1cccc(/C=C/CN=Cc2cc3ccccc3n2C)c1.Cl. The van der Waals surface area contributed by atoms with Gasteiger partial charge >= 0.3 is 0 Å². The zero-order chi connectivity index (χ0) is 15.4. The summed E-state index contributed by atoms with van der Waals surface area (Å²) in [4.78, 5) is 4.50. The number of aryl methyl sites for hydroxylation is 2. The second-order valence-electron chi connectivity index (χ2n) is 5.50. The van der Waals surface area contributed by atoms with Crippen LogP contribution in [-0.2, 0) is 7.05 Å². The van der Waals surface area contributed by atoms with E-state index in [1.165, 1.54) is 22.0 Å². The van der Waals surface area contributed by atoms with Crippen LogP contribution in [0.3, 0.4) is 0 Å². The van der Waals surface area contributed by atoms with E-state index in [2.05, 4.69) is 90.3 Å². The van der Waals surface area contributed by atoms with Crippen LogP contribution in [0.4, 0.5) is 0 Å². The molecule has 118 valence electrons. The van der Waals surface area contributed by atoms with E-state index in [9.17, 15) is 0 Å². The van der Waals surface area contributed by atoms with Crippen LogP contribution in [0.1, 0.15) is 16.8 Å². The van der Waals surface area contributed by atoms with Gasteiger partial charge in [0.25, 0.3) is 0 Å². The number of aliphatic imine (C=N–C) groups is 1. The van der Waals surface area contributed by atoms with Crippen molar-refractivity contribution in [3.8, 4) is 0 Å². The van der Waals surface area contributed by atoms with Crippen LogP contribution in [0, 0.1) is 6.92 Å². The van der Waals surface area contributed by atoms with Gasteiger partial charge in [-0.1, -0.05) is 60.2 Å². The molecule has 23 heavy (non-hydrogen) atoms. The van der Waals surface area contributed by atoms with Crippen molar-refractivity contribution >= 4 is 35.6 Å². The first-order valence-electron chi connectivity index (χ1n) is 7.51. The van der Waals surface area contributed by atoms with E-state index in [0.717, 1.165) is 5.69 Å². The lowest BCUT2D eigenvalue weighted by atomic mass is 10.1. The summed E-state index contributed by atoms with van der Waals surface area (Å²) in [5.74, 6) is 0. The third-order valence-corrected chi connectivity index (χ3v) is 3.78. The summed E-state index contributed by atoms with van der Waals surface area (Å²) in [6.07, 6.45) is 6.15. The van der Waals surface area contributed by atoms with Crippen molar-refractivity contribution in [2.24, 2.45) is 12.0 Å². The Bertz CT molecular complexity index is 844. The molecule has 0 amide bonds. The number of para-hydroxylation sites is 1. The maximum Gasteiger partial charge on any atom is 0.0596 e. The van der Waals surface area contributed by atoms with Gasteiger partial charge in [-0.25, -0.2) is 0 Å². The minimum Gasteiger partial charge on any atom is -0.343 e. The number of hydrogen-bond acceptors (Lipinski definition) is 1. The molecule has 0 saturated carbocycles. The summed E-state index contributed by atoms with van der Waals surface area (Å²) in [7, 11) is 2.08. The van der Waals surface area contributed by atoms with Gasteiger partial charge in [0.15, 0.2) is 0 Å². The van der Waals surface area contributed by atoms with Crippen LogP contribution in [0.25, 0.3) is 17.0 Å². The van der Waals surface area contributed by atoms with E-state index in [1.54, 1.807) is 0 Å². The van der Waals surface area contributed by atoms with Crippen LogP contribution >= 0.6 is 12.4 Å². The molecule has 3 rings (SSSR count). The van der Waals surface area contributed by atoms with Crippen LogP contribution in [0.15, 0.2) is 65.7 Å². The van der Waals surface area contributed by atoms with Crippen LogP contribution < -0.4 is 0 Å². The number of benzene rings is 2. The van der Waals surface area contributed by atoms with Gasteiger partial charge in [0, 0.05) is 24.2 Å². The van der Waals surface area contributed by atoms with Crippen molar-refractivity contribution in [3.05, 3.63) is 77.5 Å². The van der Waals surface area contributed by atoms with Crippen molar-refractivity contribution < 1.29 is 0 Å². The molecule has 1 aromatic heterocycles. The largest absolute Gasteiger partial charge is 0.343 e. The molecule has 0 atom stereocenters. The fraction of sp³-hybridized carbons (Fsp3) is 0.150. The van der Waals surface area contributed by atoms with Crippen LogP contribution in [0.5, 0.6) is 0 Å². The normalized spacial score (nSPS) is 11.4. The second kappa shape index (κ2) is 7.80. The molecule has 0 bridgehead atoms. The standard InChI is InChI=1S/C20H20N2.ClH/c1-16-7-5-8-17(13-16)9-6-12-21-15-19-14-18-10-3-4-11-20(18)22(19)2;/h3-11,13-15H,12H2,1-2H3;1H/b9-6+,21-15?;. The number of hydrogen-bond donors (Lipinski definition) is 0. The summed E-state index contributed by atoms with van der Waals surface area (Å²) in [6.45, 7) is 2.80. The van der Waals surface area contributed by atoms with Gasteiger partial charge in [-0.2, -0.15) is 0 Å². The van der Waals surface area contributed by atoms with Crippen LogP contribution in [0.2, 0.25) is 0 Å². The predicted octanol–water partition coefficient (Wildman–Crippen LogP) is 5.04. The molecule has 0 fully saturated rings. The Balaban J connectivity index is 0.00000192. The molecule has 2 nitrogen and oxygen atoms in total. The van der Waals surface area contributed by atoms with E-state index < -0.39 is 0 Å². The number of fused-ring (bicyclic) bond motifs is 1. The molecule has 3 aromatic rings. The quantitative estimate of drug-likeness (QED) is 0.598. The van der Waals surface area contributed by atoms with Crippen molar-refractivity contribution in [1.82, 2.24) is 4.57 Å². The average molecular weight is 325 g/mol.